The fourth-order valence-electron chi connectivity index (χ4n) is 1.41. The van der Waals surface area contributed by atoms with Crippen LogP contribution in [0.1, 0.15) is 21.6 Å². The first kappa shape index (κ1) is 10.9. The molecule has 2 rings (SSSR count). The molecule has 0 saturated carbocycles. The molecule has 0 amide bonds. The Kier molecular flexibility index (Phi) is 3.25. The maximum atomic E-state index is 5.55. The lowest BCUT2D eigenvalue weighted by atomic mass is 10.2. The van der Waals surface area contributed by atoms with Crippen molar-refractivity contribution >= 4 is 27.3 Å². The second-order valence-corrected chi connectivity index (χ2v) is 5.35. The number of nitrogens with one attached hydrogen (secondary N) is 1. The number of furan rings is 1. The van der Waals surface area contributed by atoms with Crippen molar-refractivity contribution in [3.8, 4) is 0 Å². The van der Waals surface area contributed by atoms with Crippen LogP contribution in [0.3, 0.4) is 0 Å². The summed E-state index contributed by atoms with van der Waals surface area (Å²) in [6, 6.07) is 5.90. The van der Waals surface area contributed by atoms with Crippen molar-refractivity contribution in [3.05, 3.63) is 44.4 Å². The third-order valence-electron chi connectivity index (χ3n) is 2.12. The number of hydrogen-bond acceptors (Lipinski definition) is 4. The minimum Gasteiger partial charge on any atom is -0.466 e. The molecule has 1 atom stereocenters. The van der Waals surface area contributed by atoms with Crippen molar-refractivity contribution in [2.75, 3.05) is 0 Å². The molecule has 0 aliphatic rings. The highest BCUT2D eigenvalue weighted by atomic mass is 79.9. The van der Waals surface area contributed by atoms with Gasteiger partial charge in [-0.15, -0.1) is 11.3 Å². The molecule has 0 aliphatic heterocycles. The average Bonchev–Trinajstić information content (AvgIpc) is 2.79. The zero-order valence-corrected chi connectivity index (χ0v) is 10.6. The molecule has 3 N–H and O–H groups in total. The summed E-state index contributed by atoms with van der Waals surface area (Å²) in [5, 5.41) is 0. The van der Waals surface area contributed by atoms with Crippen molar-refractivity contribution in [2.45, 2.75) is 13.0 Å². The van der Waals surface area contributed by atoms with Gasteiger partial charge in [0, 0.05) is 9.75 Å². The molecule has 0 fully saturated rings. The molecule has 0 aromatic carbocycles. The van der Waals surface area contributed by atoms with Gasteiger partial charge in [-0.05, 0) is 41.1 Å². The summed E-state index contributed by atoms with van der Waals surface area (Å²) in [6.07, 6.45) is 1.64. The highest BCUT2D eigenvalue weighted by molar-refractivity contribution is 9.10. The van der Waals surface area contributed by atoms with Crippen LogP contribution in [-0.2, 0) is 0 Å². The van der Waals surface area contributed by atoms with Gasteiger partial charge in [0.15, 0.2) is 0 Å². The van der Waals surface area contributed by atoms with Crippen molar-refractivity contribution in [3.63, 3.8) is 0 Å². The van der Waals surface area contributed by atoms with Gasteiger partial charge in [0.25, 0.3) is 0 Å². The Bertz CT molecular complexity index is 452. The molecule has 2 heterocycles. The van der Waals surface area contributed by atoms with E-state index in [4.69, 9.17) is 10.3 Å². The molecule has 0 saturated heterocycles. The number of hydrazine groups is 1. The smallest absolute Gasteiger partial charge is 0.141 e. The molecule has 2 aromatic rings. The van der Waals surface area contributed by atoms with E-state index >= 15 is 0 Å². The minimum atomic E-state index is -0.0897. The Labute approximate surface area is 100 Å². The maximum Gasteiger partial charge on any atom is 0.141 e. The number of halogens is 1. The van der Waals surface area contributed by atoms with Crippen molar-refractivity contribution in [1.29, 1.82) is 0 Å². The monoisotopic (exact) mass is 286 g/mol. The predicted molar refractivity (Wildman–Crippen MR) is 64.6 cm³/mol. The summed E-state index contributed by atoms with van der Waals surface area (Å²) in [4.78, 5) is 2.40. The maximum absolute atomic E-state index is 5.55. The van der Waals surface area contributed by atoms with Gasteiger partial charge in [0.2, 0.25) is 0 Å². The second-order valence-electron chi connectivity index (χ2n) is 3.18. The van der Waals surface area contributed by atoms with Gasteiger partial charge in [-0.2, -0.15) is 0 Å². The largest absolute Gasteiger partial charge is 0.466 e. The number of rotatable bonds is 3. The summed E-state index contributed by atoms with van der Waals surface area (Å²) < 4.78 is 6.33. The summed E-state index contributed by atoms with van der Waals surface area (Å²) >= 11 is 5.13. The van der Waals surface area contributed by atoms with Crippen LogP contribution in [-0.4, -0.2) is 0 Å². The zero-order valence-electron chi connectivity index (χ0n) is 8.16. The topological polar surface area (TPSA) is 51.2 Å². The van der Waals surface area contributed by atoms with Crippen LogP contribution in [0.15, 0.2) is 33.4 Å². The van der Waals surface area contributed by atoms with Gasteiger partial charge >= 0.3 is 0 Å². The Balaban J connectivity index is 2.36. The SMILES string of the molecule is Cc1ccc(C(NN)c2occc2Br)s1. The first-order valence-corrected chi connectivity index (χ1v) is 6.08. The van der Waals surface area contributed by atoms with Crippen molar-refractivity contribution in [1.82, 2.24) is 5.43 Å². The molecular weight excluding hydrogens is 276 g/mol. The molecule has 80 valence electrons. The quantitative estimate of drug-likeness (QED) is 0.674. The fraction of sp³-hybridized carbons (Fsp3) is 0.200. The van der Waals surface area contributed by atoms with E-state index in [0.29, 0.717) is 0 Å². The van der Waals surface area contributed by atoms with Gasteiger partial charge in [0.05, 0.1) is 10.7 Å². The van der Waals surface area contributed by atoms with E-state index < -0.39 is 0 Å². The van der Waals surface area contributed by atoms with Crippen LogP contribution in [0, 0.1) is 6.92 Å². The van der Waals surface area contributed by atoms with E-state index in [2.05, 4.69) is 40.4 Å². The lowest BCUT2D eigenvalue weighted by molar-refractivity contribution is 0.453. The lowest BCUT2D eigenvalue weighted by Crippen LogP contribution is -2.28. The third-order valence-corrected chi connectivity index (χ3v) is 3.84. The van der Waals surface area contributed by atoms with E-state index in [1.807, 2.05) is 6.07 Å². The molecule has 15 heavy (non-hydrogen) atoms. The molecule has 3 nitrogen and oxygen atoms in total. The van der Waals surface area contributed by atoms with Gasteiger partial charge in [0.1, 0.15) is 11.8 Å². The van der Waals surface area contributed by atoms with Crippen molar-refractivity contribution in [2.24, 2.45) is 5.84 Å². The van der Waals surface area contributed by atoms with E-state index in [0.717, 1.165) is 15.1 Å². The lowest BCUT2D eigenvalue weighted by Gasteiger charge is -2.11. The summed E-state index contributed by atoms with van der Waals surface area (Å²) in [5.74, 6) is 6.35. The van der Waals surface area contributed by atoms with E-state index in [-0.39, 0.29) is 6.04 Å². The predicted octanol–water partition coefficient (Wildman–Crippen LogP) is 2.96. The molecule has 0 aliphatic carbocycles. The summed E-state index contributed by atoms with van der Waals surface area (Å²) in [5.41, 5.74) is 2.76. The first-order valence-electron chi connectivity index (χ1n) is 4.47. The Hall–Kier alpha value is -0.620. The molecule has 5 heteroatoms. The van der Waals surface area contributed by atoms with Gasteiger partial charge < -0.3 is 4.42 Å². The van der Waals surface area contributed by atoms with E-state index in [1.54, 1.807) is 17.6 Å². The minimum absolute atomic E-state index is 0.0897. The van der Waals surface area contributed by atoms with Gasteiger partial charge in [-0.3, -0.25) is 5.84 Å². The highest BCUT2D eigenvalue weighted by Crippen LogP contribution is 2.32. The molecule has 1 unspecified atom stereocenters. The van der Waals surface area contributed by atoms with Crippen LogP contribution >= 0.6 is 27.3 Å². The molecule has 0 spiro atoms. The average molecular weight is 287 g/mol. The molecule has 0 radical (unpaired) electrons. The fourth-order valence-corrected chi connectivity index (χ4v) is 2.77. The molecule has 0 bridgehead atoms. The number of hydrogen-bond donors (Lipinski definition) is 2. The van der Waals surface area contributed by atoms with Gasteiger partial charge in [-0.25, -0.2) is 5.43 Å². The summed E-state index contributed by atoms with van der Waals surface area (Å²) in [7, 11) is 0. The van der Waals surface area contributed by atoms with Crippen LogP contribution in [0.2, 0.25) is 0 Å². The van der Waals surface area contributed by atoms with Crippen LogP contribution in [0.5, 0.6) is 0 Å². The number of aryl methyl sites for hydroxylation is 1. The van der Waals surface area contributed by atoms with E-state index in [1.165, 1.54) is 4.88 Å². The second kappa shape index (κ2) is 4.49. The normalized spacial score (nSPS) is 13.0. The Morgan fingerprint density at radius 3 is 2.73 bits per heavy atom. The zero-order chi connectivity index (χ0) is 10.8. The summed E-state index contributed by atoms with van der Waals surface area (Å²) in [6.45, 7) is 2.07. The Morgan fingerprint density at radius 2 is 2.27 bits per heavy atom. The standard InChI is InChI=1S/C10H11BrN2OS/c1-6-2-3-8(15-6)9(13-12)10-7(11)4-5-14-10/h2-5,9,13H,12H2,1H3. The first-order chi connectivity index (χ1) is 7.22. The third kappa shape index (κ3) is 2.15. The Morgan fingerprint density at radius 1 is 1.47 bits per heavy atom. The number of nitrogens with two attached hydrogens (primary N) is 1. The highest BCUT2D eigenvalue weighted by Gasteiger charge is 2.19. The van der Waals surface area contributed by atoms with Crippen LogP contribution in [0.4, 0.5) is 0 Å². The van der Waals surface area contributed by atoms with Crippen LogP contribution < -0.4 is 11.3 Å². The number of thiophene rings is 1. The van der Waals surface area contributed by atoms with E-state index in [9.17, 15) is 0 Å². The molecular formula is C10H11BrN2OS. The van der Waals surface area contributed by atoms with Crippen LogP contribution in [0.25, 0.3) is 0 Å². The molecule has 2 aromatic heterocycles. The van der Waals surface area contributed by atoms with Crippen molar-refractivity contribution < 1.29 is 4.42 Å². The van der Waals surface area contributed by atoms with Gasteiger partial charge in [-0.1, -0.05) is 0 Å².